The van der Waals surface area contributed by atoms with Gasteiger partial charge in [-0.1, -0.05) is 12.5 Å². The molecule has 0 saturated heterocycles. The van der Waals surface area contributed by atoms with Crippen LogP contribution in [0.2, 0.25) is 0 Å². The lowest BCUT2D eigenvalue weighted by atomic mass is 10.1. The average molecular weight is 378 g/mol. The SMILES string of the molecule is CCC(=Cc1ncc(Br)cc1Br)CNCCOC. The number of aromatic nitrogens is 1. The second-order valence-corrected chi connectivity index (χ2v) is 5.62. The Balaban J connectivity index is 2.65. The van der Waals surface area contributed by atoms with Crippen molar-refractivity contribution in [3.63, 3.8) is 0 Å². The molecule has 0 radical (unpaired) electrons. The molecule has 0 amide bonds. The maximum atomic E-state index is 5.00. The molecule has 100 valence electrons. The average Bonchev–Trinajstić information content (AvgIpc) is 2.35. The third-order valence-electron chi connectivity index (χ3n) is 2.47. The standard InChI is InChI=1S/C13H18Br2N2O/c1-3-10(8-16-4-5-18-2)6-13-12(15)7-11(14)9-17-13/h6-7,9,16H,3-5,8H2,1-2H3. The minimum Gasteiger partial charge on any atom is -0.383 e. The minimum absolute atomic E-state index is 0.733. The van der Waals surface area contributed by atoms with Gasteiger partial charge in [-0.15, -0.1) is 0 Å². The summed E-state index contributed by atoms with van der Waals surface area (Å²) in [7, 11) is 1.71. The van der Waals surface area contributed by atoms with Gasteiger partial charge in [0, 0.05) is 35.3 Å². The fourth-order valence-electron chi connectivity index (χ4n) is 1.43. The van der Waals surface area contributed by atoms with Gasteiger partial charge < -0.3 is 10.1 Å². The summed E-state index contributed by atoms with van der Waals surface area (Å²) >= 11 is 6.92. The summed E-state index contributed by atoms with van der Waals surface area (Å²) in [5.74, 6) is 0. The van der Waals surface area contributed by atoms with Gasteiger partial charge in [0.2, 0.25) is 0 Å². The van der Waals surface area contributed by atoms with Gasteiger partial charge in [-0.3, -0.25) is 4.98 Å². The molecule has 0 bridgehead atoms. The van der Waals surface area contributed by atoms with Crippen LogP contribution in [0, 0.1) is 0 Å². The predicted molar refractivity (Wildman–Crippen MR) is 82.7 cm³/mol. The molecule has 0 unspecified atom stereocenters. The number of nitrogens with zero attached hydrogens (tertiary/aromatic N) is 1. The van der Waals surface area contributed by atoms with Crippen LogP contribution in [0.4, 0.5) is 0 Å². The van der Waals surface area contributed by atoms with Gasteiger partial charge in [0.15, 0.2) is 0 Å². The van der Waals surface area contributed by atoms with Crippen molar-refractivity contribution in [2.45, 2.75) is 13.3 Å². The van der Waals surface area contributed by atoms with E-state index in [9.17, 15) is 0 Å². The number of rotatable bonds is 7. The molecule has 0 aliphatic carbocycles. The molecule has 0 spiro atoms. The lowest BCUT2D eigenvalue weighted by Crippen LogP contribution is -2.21. The maximum absolute atomic E-state index is 5.00. The Bertz CT molecular complexity index is 408. The van der Waals surface area contributed by atoms with Crippen molar-refractivity contribution in [2.75, 3.05) is 26.8 Å². The van der Waals surface area contributed by atoms with E-state index in [1.807, 2.05) is 12.3 Å². The van der Waals surface area contributed by atoms with Crippen LogP contribution in [0.1, 0.15) is 19.0 Å². The van der Waals surface area contributed by atoms with Crippen molar-refractivity contribution in [2.24, 2.45) is 0 Å². The van der Waals surface area contributed by atoms with Crippen LogP contribution in [0.3, 0.4) is 0 Å². The molecule has 0 aliphatic rings. The zero-order valence-corrected chi connectivity index (χ0v) is 13.8. The van der Waals surface area contributed by atoms with Gasteiger partial charge in [-0.25, -0.2) is 0 Å². The highest BCUT2D eigenvalue weighted by atomic mass is 79.9. The number of halogens is 2. The number of nitrogens with one attached hydrogen (secondary N) is 1. The highest BCUT2D eigenvalue weighted by molar-refractivity contribution is 9.11. The molecule has 1 aromatic heterocycles. The molecule has 0 saturated carbocycles. The van der Waals surface area contributed by atoms with Crippen LogP contribution in [0.25, 0.3) is 6.08 Å². The third kappa shape index (κ3) is 5.61. The first kappa shape index (κ1) is 15.8. The fraction of sp³-hybridized carbons (Fsp3) is 0.462. The van der Waals surface area contributed by atoms with Crippen LogP contribution >= 0.6 is 31.9 Å². The van der Waals surface area contributed by atoms with Crippen LogP contribution in [-0.2, 0) is 4.74 Å². The number of hydrogen-bond acceptors (Lipinski definition) is 3. The van der Waals surface area contributed by atoms with Gasteiger partial charge in [0.1, 0.15) is 0 Å². The largest absolute Gasteiger partial charge is 0.383 e. The third-order valence-corrected chi connectivity index (χ3v) is 3.54. The predicted octanol–water partition coefficient (Wildman–Crippen LogP) is 3.64. The Labute approximate surface area is 125 Å². The quantitative estimate of drug-likeness (QED) is 0.736. The fourth-order valence-corrected chi connectivity index (χ4v) is 2.53. The van der Waals surface area contributed by atoms with Crippen molar-refractivity contribution in [1.29, 1.82) is 0 Å². The maximum Gasteiger partial charge on any atom is 0.0772 e. The van der Waals surface area contributed by atoms with E-state index in [0.717, 1.165) is 40.8 Å². The number of ether oxygens (including phenoxy) is 1. The van der Waals surface area contributed by atoms with Crippen molar-refractivity contribution in [1.82, 2.24) is 10.3 Å². The first-order valence-electron chi connectivity index (χ1n) is 5.87. The van der Waals surface area contributed by atoms with Gasteiger partial charge >= 0.3 is 0 Å². The van der Waals surface area contributed by atoms with Gasteiger partial charge in [-0.2, -0.15) is 0 Å². The number of hydrogen-bond donors (Lipinski definition) is 1. The second kappa shape index (κ2) is 8.80. The van der Waals surface area contributed by atoms with E-state index in [-0.39, 0.29) is 0 Å². The summed E-state index contributed by atoms with van der Waals surface area (Å²) in [6.45, 7) is 4.61. The van der Waals surface area contributed by atoms with E-state index in [0.29, 0.717) is 0 Å². The zero-order valence-electron chi connectivity index (χ0n) is 10.7. The normalized spacial score (nSPS) is 11.9. The Morgan fingerprint density at radius 3 is 2.89 bits per heavy atom. The molecule has 0 atom stereocenters. The van der Waals surface area contributed by atoms with E-state index in [2.05, 4.69) is 55.2 Å². The zero-order chi connectivity index (χ0) is 13.4. The summed E-state index contributed by atoms with van der Waals surface area (Å²) in [5, 5.41) is 3.34. The van der Waals surface area contributed by atoms with E-state index in [1.165, 1.54) is 5.57 Å². The molecule has 1 N–H and O–H groups in total. The molecule has 0 aromatic carbocycles. The molecule has 1 aromatic rings. The first-order valence-corrected chi connectivity index (χ1v) is 7.46. The lowest BCUT2D eigenvalue weighted by molar-refractivity contribution is 0.200. The van der Waals surface area contributed by atoms with Crippen LogP contribution in [0.15, 0.2) is 26.8 Å². The van der Waals surface area contributed by atoms with Crippen molar-refractivity contribution in [3.05, 3.63) is 32.5 Å². The van der Waals surface area contributed by atoms with Crippen molar-refractivity contribution < 1.29 is 4.74 Å². The summed E-state index contributed by atoms with van der Waals surface area (Å²) in [6.07, 6.45) is 4.93. The molecule has 0 fully saturated rings. The monoisotopic (exact) mass is 376 g/mol. The van der Waals surface area contributed by atoms with E-state index in [4.69, 9.17) is 4.74 Å². The Kier molecular flexibility index (Phi) is 7.74. The number of pyridine rings is 1. The molecule has 18 heavy (non-hydrogen) atoms. The summed E-state index contributed by atoms with van der Waals surface area (Å²) < 4.78 is 6.98. The van der Waals surface area contributed by atoms with Gasteiger partial charge in [0.05, 0.1) is 12.3 Å². The molecule has 0 aliphatic heterocycles. The van der Waals surface area contributed by atoms with E-state index >= 15 is 0 Å². The van der Waals surface area contributed by atoms with Gasteiger partial charge in [0.25, 0.3) is 0 Å². The highest BCUT2D eigenvalue weighted by Crippen LogP contribution is 2.21. The number of methoxy groups -OCH3 is 1. The van der Waals surface area contributed by atoms with E-state index < -0.39 is 0 Å². The lowest BCUT2D eigenvalue weighted by Gasteiger charge is -2.07. The van der Waals surface area contributed by atoms with Crippen LogP contribution in [-0.4, -0.2) is 31.8 Å². The highest BCUT2D eigenvalue weighted by Gasteiger charge is 2.01. The van der Waals surface area contributed by atoms with Crippen LogP contribution in [0.5, 0.6) is 0 Å². The molecule has 3 nitrogen and oxygen atoms in total. The van der Waals surface area contributed by atoms with E-state index in [1.54, 1.807) is 7.11 Å². The summed E-state index contributed by atoms with van der Waals surface area (Å²) in [6, 6.07) is 2.00. The molecule has 5 heteroatoms. The Morgan fingerprint density at radius 1 is 1.50 bits per heavy atom. The summed E-state index contributed by atoms with van der Waals surface area (Å²) in [4.78, 5) is 4.39. The molecule has 1 heterocycles. The Morgan fingerprint density at radius 2 is 2.28 bits per heavy atom. The van der Waals surface area contributed by atoms with Crippen molar-refractivity contribution >= 4 is 37.9 Å². The molecule has 1 rings (SSSR count). The van der Waals surface area contributed by atoms with Crippen LogP contribution < -0.4 is 5.32 Å². The second-order valence-electron chi connectivity index (χ2n) is 3.85. The topological polar surface area (TPSA) is 34.2 Å². The minimum atomic E-state index is 0.733. The molecular weight excluding hydrogens is 360 g/mol. The first-order chi connectivity index (χ1) is 8.67. The smallest absolute Gasteiger partial charge is 0.0772 e. The summed E-state index contributed by atoms with van der Waals surface area (Å²) in [5.41, 5.74) is 2.28. The van der Waals surface area contributed by atoms with Gasteiger partial charge in [-0.05, 0) is 50.4 Å². The Hall–Kier alpha value is -0.230. The molecular formula is C13H18Br2N2O. The van der Waals surface area contributed by atoms with Crippen molar-refractivity contribution in [3.8, 4) is 0 Å².